The van der Waals surface area contributed by atoms with Crippen LogP contribution in [0.1, 0.15) is 11.1 Å². The van der Waals surface area contributed by atoms with Crippen molar-refractivity contribution in [3.05, 3.63) is 119 Å². The lowest BCUT2D eigenvalue weighted by Crippen LogP contribution is -2.46. The Balaban J connectivity index is 1.17. The van der Waals surface area contributed by atoms with Crippen LogP contribution in [0.5, 0.6) is 0 Å². The van der Waals surface area contributed by atoms with Crippen molar-refractivity contribution >= 4 is 11.4 Å². The predicted molar refractivity (Wildman–Crippen MR) is 154 cm³/mol. The molecule has 0 aliphatic carbocycles. The Bertz CT molecular complexity index is 1830. The fourth-order valence-corrected chi connectivity index (χ4v) is 5.47. The Morgan fingerprint density at radius 1 is 0.778 bits per heavy atom. The molecule has 1 saturated heterocycles. The van der Waals surface area contributed by atoms with Crippen LogP contribution in [0.15, 0.2) is 90.5 Å². The molecular formula is C30H27F5N8O2. The third kappa shape index (κ3) is 6.29. The molecule has 0 spiro atoms. The molecule has 0 saturated carbocycles. The highest BCUT2D eigenvalue weighted by Crippen LogP contribution is 2.32. The molecule has 3 aromatic carbocycles. The van der Waals surface area contributed by atoms with E-state index >= 15 is 0 Å². The zero-order valence-corrected chi connectivity index (χ0v) is 23.6. The summed E-state index contributed by atoms with van der Waals surface area (Å²) in [6, 6.07) is 15.2. The van der Waals surface area contributed by atoms with E-state index < -0.39 is 41.2 Å². The molecule has 1 atom stereocenters. The van der Waals surface area contributed by atoms with Crippen molar-refractivity contribution in [1.29, 1.82) is 0 Å². The Morgan fingerprint density at radius 3 is 2.11 bits per heavy atom. The van der Waals surface area contributed by atoms with Gasteiger partial charge in [-0.05, 0) is 48.5 Å². The molecule has 1 unspecified atom stereocenters. The van der Waals surface area contributed by atoms with Crippen LogP contribution in [0.2, 0.25) is 0 Å². The van der Waals surface area contributed by atoms with Crippen molar-refractivity contribution in [2.45, 2.75) is 24.9 Å². The second-order valence-electron chi connectivity index (χ2n) is 10.7. The summed E-state index contributed by atoms with van der Waals surface area (Å²) in [6.45, 7) is 1.47. The van der Waals surface area contributed by atoms with Crippen LogP contribution in [0.4, 0.5) is 33.3 Å². The van der Waals surface area contributed by atoms with E-state index in [1.165, 1.54) is 34.3 Å². The first-order valence-electron chi connectivity index (χ1n) is 13.9. The quantitative estimate of drug-likeness (QED) is 0.262. The Morgan fingerprint density at radius 2 is 1.47 bits per heavy atom. The number of rotatable bonds is 8. The number of anilines is 2. The molecule has 1 fully saturated rings. The lowest BCUT2D eigenvalue weighted by molar-refractivity contribution is -0.137. The van der Waals surface area contributed by atoms with Crippen LogP contribution in [-0.2, 0) is 24.9 Å². The van der Waals surface area contributed by atoms with Gasteiger partial charge in [0.25, 0.3) is 0 Å². The molecule has 3 heterocycles. The summed E-state index contributed by atoms with van der Waals surface area (Å²) < 4.78 is 71.4. The summed E-state index contributed by atoms with van der Waals surface area (Å²) in [6.07, 6.45) is -0.567. The summed E-state index contributed by atoms with van der Waals surface area (Å²) in [4.78, 5) is 21.2. The second-order valence-corrected chi connectivity index (χ2v) is 10.7. The molecule has 0 amide bonds. The van der Waals surface area contributed by atoms with Gasteiger partial charge in [0, 0.05) is 49.2 Å². The smallest absolute Gasteiger partial charge is 0.381 e. The number of hydrogen-bond acceptors (Lipinski definition) is 7. The number of aliphatic hydroxyl groups is 1. The van der Waals surface area contributed by atoms with Crippen molar-refractivity contribution in [3.8, 4) is 5.69 Å². The lowest BCUT2D eigenvalue weighted by Gasteiger charge is -2.37. The number of aromatic nitrogens is 6. The van der Waals surface area contributed by atoms with Crippen molar-refractivity contribution in [2.24, 2.45) is 0 Å². The Kier molecular flexibility index (Phi) is 7.87. The fourth-order valence-electron chi connectivity index (χ4n) is 5.47. The fraction of sp³-hybridized carbons (Fsp3) is 0.267. The maximum absolute atomic E-state index is 14.8. The van der Waals surface area contributed by atoms with Crippen LogP contribution < -0.4 is 15.5 Å². The summed E-state index contributed by atoms with van der Waals surface area (Å²) in [5.41, 5.74) is -1.67. The molecule has 6 rings (SSSR count). The van der Waals surface area contributed by atoms with Gasteiger partial charge in [0.2, 0.25) is 0 Å². The van der Waals surface area contributed by atoms with E-state index in [9.17, 15) is 31.9 Å². The molecule has 2 aromatic heterocycles. The first kappa shape index (κ1) is 30.0. The minimum Gasteiger partial charge on any atom is -0.381 e. The average molecular weight is 627 g/mol. The van der Waals surface area contributed by atoms with Gasteiger partial charge >= 0.3 is 11.9 Å². The maximum atomic E-state index is 14.8. The normalized spacial score (nSPS) is 15.3. The van der Waals surface area contributed by atoms with E-state index in [4.69, 9.17) is 0 Å². The zero-order chi connectivity index (χ0) is 31.8. The van der Waals surface area contributed by atoms with Gasteiger partial charge in [-0.15, -0.1) is 0 Å². The molecule has 15 heteroatoms. The molecule has 1 aliphatic heterocycles. The zero-order valence-electron chi connectivity index (χ0n) is 23.6. The maximum Gasteiger partial charge on any atom is 0.416 e. The molecule has 0 bridgehead atoms. The van der Waals surface area contributed by atoms with Crippen LogP contribution in [0.3, 0.4) is 0 Å². The number of nitrogens with zero attached hydrogens (tertiary/aromatic N) is 8. The molecule has 1 aliphatic rings. The van der Waals surface area contributed by atoms with E-state index in [0.717, 1.165) is 34.6 Å². The van der Waals surface area contributed by atoms with Crippen molar-refractivity contribution < 1.29 is 27.1 Å². The number of piperazine rings is 1. The first-order valence-corrected chi connectivity index (χ1v) is 13.9. The summed E-state index contributed by atoms with van der Waals surface area (Å²) in [5.74, 6) is -1.81. The third-order valence-corrected chi connectivity index (χ3v) is 7.78. The highest BCUT2D eigenvalue weighted by atomic mass is 19.4. The Labute approximate surface area is 253 Å². The van der Waals surface area contributed by atoms with Gasteiger partial charge in [0.05, 0.1) is 24.3 Å². The molecule has 0 radical (unpaired) electrons. The summed E-state index contributed by atoms with van der Waals surface area (Å²) in [5, 5.41) is 19.7. The van der Waals surface area contributed by atoms with E-state index in [0.29, 0.717) is 43.6 Å². The monoisotopic (exact) mass is 626 g/mol. The standard InChI is InChI=1S/C30H27F5N8O2/c31-22-4-9-26(27(32)15-22)29(45,16-41-19-36-18-37-41)17-43-28(44)42(20-38-43)24-7-5-23(6-8-24)39-10-12-40(13-11-39)25-3-1-2-21(14-25)30(33,34)35/h1-9,14-15,18-20,45H,10-13,16-17H2. The number of benzene rings is 3. The number of hydrogen-bond donors (Lipinski definition) is 1. The highest BCUT2D eigenvalue weighted by Gasteiger charge is 2.36. The van der Waals surface area contributed by atoms with Gasteiger partial charge in [0.1, 0.15) is 36.2 Å². The number of halogens is 5. The van der Waals surface area contributed by atoms with E-state index in [1.807, 2.05) is 17.0 Å². The van der Waals surface area contributed by atoms with E-state index in [1.54, 1.807) is 18.2 Å². The van der Waals surface area contributed by atoms with Crippen molar-refractivity contribution in [2.75, 3.05) is 36.0 Å². The van der Waals surface area contributed by atoms with Gasteiger partial charge in [-0.1, -0.05) is 12.1 Å². The number of alkyl halides is 3. The molecular weight excluding hydrogens is 599 g/mol. The van der Waals surface area contributed by atoms with Gasteiger partial charge in [-0.2, -0.15) is 23.4 Å². The van der Waals surface area contributed by atoms with Crippen LogP contribution in [0, 0.1) is 11.6 Å². The molecule has 234 valence electrons. The van der Waals surface area contributed by atoms with Crippen molar-refractivity contribution in [1.82, 2.24) is 29.1 Å². The van der Waals surface area contributed by atoms with Crippen LogP contribution in [-0.4, -0.2) is 60.4 Å². The van der Waals surface area contributed by atoms with Gasteiger partial charge in [-0.25, -0.2) is 32.5 Å². The molecule has 45 heavy (non-hydrogen) atoms. The van der Waals surface area contributed by atoms with Gasteiger partial charge in [0.15, 0.2) is 0 Å². The Hall–Kier alpha value is -5.05. The van der Waals surface area contributed by atoms with Crippen molar-refractivity contribution in [3.63, 3.8) is 0 Å². The lowest BCUT2D eigenvalue weighted by atomic mass is 9.93. The average Bonchev–Trinajstić information content (AvgIpc) is 3.66. The molecule has 10 nitrogen and oxygen atoms in total. The minimum absolute atomic E-state index is 0.238. The largest absolute Gasteiger partial charge is 0.416 e. The minimum atomic E-state index is -4.40. The second kappa shape index (κ2) is 11.8. The van der Waals surface area contributed by atoms with Gasteiger partial charge < -0.3 is 14.9 Å². The van der Waals surface area contributed by atoms with E-state index in [-0.39, 0.29) is 12.1 Å². The SMILES string of the molecule is O=c1n(-c2ccc(N3CCN(c4cccc(C(F)(F)F)c4)CC3)cc2)cnn1CC(O)(Cn1cncn1)c1ccc(F)cc1F. The predicted octanol–water partition coefficient (Wildman–Crippen LogP) is 3.84. The highest BCUT2D eigenvalue weighted by molar-refractivity contribution is 5.55. The van der Waals surface area contributed by atoms with Gasteiger partial charge in [-0.3, -0.25) is 0 Å². The van der Waals surface area contributed by atoms with E-state index in [2.05, 4.69) is 20.1 Å². The summed E-state index contributed by atoms with van der Waals surface area (Å²) >= 11 is 0. The van der Waals surface area contributed by atoms with Crippen LogP contribution >= 0.6 is 0 Å². The van der Waals surface area contributed by atoms with Crippen LogP contribution in [0.25, 0.3) is 5.69 Å². The summed E-state index contributed by atoms with van der Waals surface area (Å²) in [7, 11) is 0. The first-order chi connectivity index (χ1) is 21.5. The third-order valence-electron chi connectivity index (χ3n) is 7.78. The molecule has 5 aromatic rings. The molecule has 1 N–H and O–H groups in total. The topological polar surface area (TPSA) is 97.2 Å².